The molecule has 2 N–H and O–H groups in total. The number of hydrogen-bond acceptors (Lipinski definition) is 5. The number of aliphatic imine (C=N–C) groups is 1. The van der Waals surface area contributed by atoms with Crippen LogP contribution in [0.5, 0.6) is 5.75 Å². The van der Waals surface area contributed by atoms with Crippen molar-refractivity contribution in [3.63, 3.8) is 0 Å². The Balaban J connectivity index is 1.64. The van der Waals surface area contributed by atoms with Crippen LogP contribution in [0.25, 0.3) is 0 Å². The maximum Gasteiger partial charge on any atom is 0.573 e. The van der Waals surface area contributed by atoms with E-state index < -0.39 is 35.4 Å². The van der Waals surface area contributed by atoms with Crippen LogP contribution < -0.4 is 15.0 Å². The molecule has 0 unspecified atom stereocenters. The third-order valence-corrected chi connectivity index (χ3v) is 5.60. The second kappa shape index (κ2) is 8.49. The number of fused-ring (bicyclic) bond motifs is 1. The average molecular weight is 487 g/mol. The third-order valence-electron chi connectivity index (χ3n) is 5.60. The Morgan fingerprint density at radius 3 is 2.32 bits per heavy atom. The molecule has 1 saturated carbocycles. The van der Waals surface area contributed by atoms with E-state index in [4.69, 9.17) is 0 Å². The van der Waals surface area contributed by atoms with Crippen LogP contribution in [0.15, 0.2) is 47.5 Å². The second-order valence-electron chi connectivity index (χ2n) is 8.19. The molecule has 0 aromatic heterocycles. The van der Waals surface area contributed by atoms with Gasteiger partial charge < -0.3 is 20.1 Å². The Labute approximate surface area is 189 Å². The summed E-state index contributed by atoms with van der Waals surface area (Å²) >= 11 is 0. The van der Waals surface area contributed by atoms with Crippen LogP contribution in [0, 0.1) is 0 Å². The number of nitrogens with zero attached hydrogens (tertiary/aromatic N) is 2. The standard InChI is InChI=1S/C22H19F6N3O3/c23-21(24,25)13-2-7-16-17(10-13)31(14-3-5-15(6-4-14)34-22(26,27)28)12-18(29-16)30-19(32)11-20(33)8-1-9-20/h2-7,10,33H,1,8-9,11-12H2,(H,29,30,32). The number of anilines is 2. The summed E-state index contributed by atoms with van der Waals surface area (Å²) in [5.74, 6) is -0.866. The Kier molecular flexibility index (Phi) is 5.96. The molecule has 1 amide bonds. The minimum atomic E-state index is -4.89. The van der Waals surface area contributed by atoms with E-state index in [0.717, 1.165) is 36.8 Å². The van der Waals surface area contributed by atoms with Crippen molar-refractivity contribution in [1.29, 1.82) is 0 Å². The van der Waals surface area contributed by atoms with Crippen LogP contribution in [0.2, 0.25) is 0 Å². The van der Waals surface area contributed by atoms with E-state index >= 15 is 0 Å². The lowest BCUT2D eigenvalue weighted by molar-refractivity contribution is -0.274. The SMILES string of the molecule is O=C(CC1(O)CCC1)NC1=Nc2ccc(C(F)(F)F)cc2N(c2ccc(OC(F)(F)F)cc2)C1. The van der Waals surface area contributed by atoms with Crippen molar-refractivity contribution >= 4 is 28.8 Å². The number of halogens is 6. The van der Waals surface area contributed by atoms with Gasteiger partial charge in [0.05, 0.1) is 35.5 Å². The normalized spacial score (nSPS) is 17.4. The maximum atomic E-state index is 13.3. The molecule has 1 heterocycles. The van der Waals surface area contributed by atoms with Gasteiger partial charge in [0.2, 0.25) is 5.91 Å². The van der Waals surface area contributed by atoms with Crippen molar-refractivity contribution in [3.05, 3.63) is 48.0 Å². The first-order valence-electron chi connectivity index (χ1n) is 10.3. The minimum absolute atomic E-state index is 0.0648. The fraction of sp³-hybridized carbons (Fsp3) is 0.364. The molecule has 0 radical (unpaired) electrons. The Hall–Kier alpha value is -3.28. The molecular weight excluding hydrogens is 468 g/mol. The predicted octanol–water partition coefficient (Wildman–Crippen LogP) is 5.21. The van der Waals surface area contributed by atoms with Gasteiger partial charge in [-0.15, -0.1) is 13.2 Å². The monoisotopic (exact) mass is 487 g/mol. The number of hydrogen-bond donors (Lipinski definition) is 2. The number of benzene rings is 2. The number of alkyl halides is 6. The molecule has 0 spiro atoms. The van der Waals surface area contributed by atoms with E-state index in [1.165, 1.54) is 17.0 Å². The van der Waals surface area contributed by atoms with Gasteiger partial charge in [0.15, 0.2) is 0 Å². The van der Waals surface area contributed by atoms with Gasteiger partial charge in [-0.3, -0.25) is 4.79 Å². The summed E-state index contributed by atoms with van der Waals surface area (Å²) in [5, 5.41) is 12.8. The fourth-order valence-electron chi connectivity index (χ4n) is 3.82. The zero-order valence-electron chi connectivity index (χ0n) is 17.5. The summed E-state index contributed by atoms with van der Waals surface area (Å²) in [6, 6.07) is 7.46. The predicted molar refractivity (Wildman–Crippen MR) is 110 cm³/mol. The first-order valence-corrected chi connectivity index (χ1v) is 10.3. The van der Waals surface area contributed by atoms with E-state index in [1.54, 1.807) is 0 Å². The number of carbonyl (C=O) groups is 1. The van der Waals surface area contributed by atoms with Gasteiger partial charge in [-0.2, -0.15) is 13.2 Å². The van der Waals surface area contributed by atoms with E-state index in [-0.39, 0.29) is 35.9 Å². The van der Waals surface area contributed by atoms with Gasteiger partial charge >= 0.3 is 12.5 Å². The number of ether oxygens (including phenoxy) is 1. The van der Waals surface area contributed by atoms with E-state index in [9.17, 15) is 36.2 Å². The van der Waals surface area contributed by atoms with Gasteiger partial charge in [-0.05, 0) is 61.7 Å². The number of rotatable bonds is 4. The number of carbonyl (C=O) groups excluding carboxylic acids is 1. The highest BCUT2D eigenvalue weighted by Gasteiger charge is 2.37. The van der Waals surface area contributed by atoms with Crippen LogP contribution in [-0.2, 0) is 11.0 Å². The van der Waals surface area contributed by atoms with Crippen molar-refractivity contribution in [2.24, 2.45) is 4.99 Å². The second-order valence-corrected chi connectivity index (χ2v) is 8.19. The summed E-state index contributed by atoms with van der Waals surface area (Å²) in [5.41, 5.74) is -1.55. The van der Waals surface area contributed by atoms with Crippen molar-refractivity contribution in [3.8, 4) is 5.75 Å². The summed E-state index contributed by atoms with van der Waals surface area (Å²) in [4.78, 5) is 18.0. The van der Waals surface area contributed by atoms with Crippen molar-refractivity contribution in [2.75, 3.05) is 11.4 Å². The first-order chi connectivity index (χ1) is 15.8. The molecule has 34 heavy (non-hydrogen) atoms. The molecule has 182 valence electrons. The van der Waals surface area contributed by atoms with Gasteiger partial charge in [-0.1, -0.05) is 0 Å². The lowest BCUT2D eigenvalue weighted by Crippen LogP contribution is -2.46. The number of aliphatic hydroxyl groups is 1. The zero-order valence-corrected chi connectivity index (χ0v) is 17.5. The third kappa shape index (κ3) is 5.44. The lowest BCUT2D eigenvalue weighted by atomic mass is 9.78. The lowest BCUT2D eigenvalue weighted by Gasteiger charge is -2.36. The molecule has 1 fully saturated rings. The Bertz CT molecular complexity index is 1110. The van der Waals surface area contributed by atoms with Crippen molar-refractivity contribution in [2.45, 2.75) is 43.8 Å². The number of nitrogens with one attached hydrogen (secondary N) is 1. The molecular formula is C22H19F6N3O3. The molecule has 0 atom stereocenters. The van der Waals surface area contributed by atoms with Gasteiger partial charge in [0.1, 0.15) is 11.6 Å². The summed E-state index contributed by atoms with van der Waals surface area (Å²) < 4.78 is 81.1. The quantitative estimate of drug-likeness (QED) is 0.581. The molecule has 12 heteroatoms. The van der Waals surface area contributed by atoms with Gasteiger partial charge in [0, 0.05) is 5.69 Å². The largest absolute Gasteiger partial charge is 0.573 e. The number of amides is 1. The highest BCUT2D eigenvalue weighted by atomic mass is 19.4. The van der Waals surface area contributed by atoms with Crippen LogP contribution in [0.4, 0.5) is 43.4 Å². The zero-order chi connectivity index (χ0) is 24.7. The molecule has 1 aliphatic carbocycles. The van der Waals surface area contributed by atoms with Crippen LogP contribution in [0.3, 0.4) is 0 Å². The highest BCUT2D eigenvalue weighted by molar-refractivity contribution is 6.05. The van der Waals surface area contributed by atoms with Crippen molar-refractivity contribution < 1.29 is 41.0 Å². The van der Waals surface area contributed by atoms with Crippen LogP contribution >= 0.6 is 0 Å². The maximum absolute atomic E-state index is 13.3. The van der Waals surface area contributed by atoms with Gasteiger partial charge in [-0.25, -0.2) is 4.99 Å². The van der Waals surface area contributed by atoms with E-state index in [2.05, 4.69) is 15.0 Å². The fourth-order valence-corrected chi connectivity index (χ4v) is 3.82. The minimum Gasteiger partial charge on any atom is -0.406 e. The molecule has 4 rings (SSSR count). The molecule has 2 aromatic rings. The topological polar surface area (TPSA) is 74.2 Å². The van der Waals surface area contributed by atoms with E-state index in [1.807, 2.05) is 0 Å². The van der Waals surface area contributed by atoms with E-state index in [0.29, 0.717) is 12.8 Å². The first kappa shape index (κ1) is 23.9. The Morgan fingerprint density at radius 2 is 1.76 bits per heavy atom. The Morgan fingerprint density at radius 1 is 1.09 bits per heavy atom. The molecule has 0 saturated heterocycles. The average Bonchev–Trinajstić information content (AvgIpc) is 2.70. The summed E-state index contributed by atoms with van der Waals surface area (Å²) in [6.07, 6.45) is -7.86. The molecule has 1 aliphatic heterocycles. The highest BCUT2D eigenvalue weighted by Crippen LogP contribution is 2.42. The number of amidine groups is 1. The summed E-state index contributed by atoms with van der Waals surface area (Å²) in [7, 11) is 0. The molecule has 6 nitrogen and oxygen atoms in total. The van der Waals surface area contributed by atoms with Gasteiger partial charge in [0.25, 0.3) is 0 Å². The van der Waals surface area contributed by atoms with Crippen LogP contribution in [-0.4, -0.2) is 35.4 Å². The summed E-state index contributed by atoms with van der Waals surface area (Å²) in [6.45, 7) is -0.155. The van der Waals surface area contributed by atoms with Crippen LogP contribution in [0.1, 0.15) is 31.2 Å². The molecule has 2 aliphatic rings. The molecule has 2 aromatic carbocycles. The van der Waals surface area contributed by atoms with Crippen molar-refractivity contribution in [1.82, 2.24) is 5.32 Å². The molecule has 0 bridgehead atoms. The smallest absolute Gasteiger partial charge is 0.406 e.